The Kier molecular flexibility index (Phi) is 6.27. The van der Waals surface area contributed by atoms with Gasteiger partial charge in [0.15, 0.2) is 0 Å². The number of hydrogen-bond acceptors (Lipinski definition) is 4. The molecule has 142 valence electrons. The van der Waals surface area contributed by atoms with Crippen LogP contribution < -0.4 is 5.32 Å². The van der Waals surface area contributed by atoms with Gasteiger partial charge in [-0.3, -0.25) is 9.59 Å². The Morgan fingerprint density at radius 1 is 1.04 bits per heavy atom. The fourth-order valence-electron chi connectivity index (χ4n) is 4.02. The van der Waals surface area contributed by atoms with Crippen molar-refractivity contribution in [3.8, 4) is 0 Å². The van der Waals surface area contributed by atoms with Crippen molar-refractivity contribution < 1.29 is 14.3 Å². The molecule has 3 rings (SSSR count). The van der Waals surface area contributed by atoms with E-state index in [9.17, 15) is 9.59 Å². The quantitative estimate of drug-likeness (QED) is 0.882. The maximum absolute atomic E-state index is 13.3. The molecule has 2 saturated heterocycles. The zero-order valence-electron chi connectivity index (χ0n) is 15.6. The molecule has 1 aromatic carbocycles. The molecule has 0 radical (unpaired) electrons. The Morgan fingerprint density at radius 3 is 2.38 bits per heavy atom. The largest absolute Gasteiger partial charge is 0.384 e. The second kappa shape index (κ2) is 8.64. The average Bonchev–Trinajstić information content (AvgIpc) is 2.94. The standard InChI is InChI=1S/C20H29N3O3/c1-26-16-20(8-10-21-11-9-20)19(25)23-13-5-12-22(14-15-23)18(24)17-6-3-2-4-7-17/h2-4,6-7,21H,5,8-16H2,1H3. The van der Waals surface area contributed by atoms with E-state index in [1.54, 1.807) is 7.11 Å². The number of hydrogen-bond donors (Lipinski definition) is 1. The Hall–Kier alpha value is -1.92. The summed E-state index contributed by atoms with van der Waals surface area (Å²) in [5, 5.41) is 3.33. The summed E-state index contributed by atoms with van der Waals surface area (Å²) in [6, 6.07) is 9.37. The van der Waals surface area contributed by atoms with Crippen molar-refractivity contribution in [3.63, 3.8) is 0 Å². The molecule has 0 atom stereocenters. The number of methoxy groups -OCH3 is 1. The molecule has 0 bridgehead atoms. The van der Waals surface area contributed by atoms with Crippen molar-refractivity contribution in [2.45, 2.75) is 19.3 Å². The molecule has 2 aliphatic heterocycles. The number of carbonyl (C=O) groups excluding carboxylic acids is 2. The van der Waals surface area contributed by atoms with Crippen LogP contribution in [0.25, 0.3) is 0 Å². The van der Waals surface area contributed by atoms with Crippen LogP contribution in [0.15, 0.2) is 30.3 Å². The van der Waals surface area contributed by atoms with Crippen LogP contribution in [0.3, 0.4) is 0 Å². The lowest BCUT2D eigenvalue weighted by Crippen LogP contribution is -2.52. The van der Waals surface area contributed by atoms with Gasteiger partial charge in [-0.25, -0.2) is 0 Å². The van der Waals surface area contributed by atoms with E-state index in [2.05, 4.69) is 5.32 Å². The summed E-state index contributed by atoms with van der Waals surface area (Å²) in [4.78, 5) is 29.8. The zero-order valence-corrected chi connectivity index (χ0v) is 15.6. The summed E-state index contributed by atoms with van der Waals surface area (Å²) in [5.41, 5.74) is 0.292. The van der Waals surface area contributed by atoms with E-state index in [-0.39, 0.29) is 11.8 Å². The summed E-state index contributed by atoms with van der Waals surface area (Å²) < 4.78 is 5.41. The Labute approximate surface area is 155 Å². The van der Waals surface area contributed by atoms with Crippen molar-refractivity contribution in [1.82, 2.24) is 15.1 Å². The normalized spacial score (nSPS) is 20.5. The third-order valence-electron chi connectivity index (χ3n) is 5.53. The van der Waals surface area contributed by atoms with Gasteiger partial charge in [-0.15, -0.1) is 0 Å². The van der Waals surface area contributed by atoms with E-state index < -0.39 is 5.41 Å². The Morgan fingerprint density at radius 2 is 1.69 bits per heavy atom. The van der Waals surface area contributed by atoms with Crippen molar-refractivity contribution >= 4 is 11.8 Å². The molecule has 2 fully saturated rings. The van der Waals surface area contributed by atoms with E-state index in [0.29, 0.717) is 38.3 Å². The molecule has 0 unspecified atom stereocenters. The zero-order chi connectivity index (χ0) is 18.4. The summed E-state index contributed by atoms with van der Waals surface area (Å²) in [7, 11) is 1.67. The summed E-state index contributed by atoms with van der Waals surface area (Å²) in [6.45, 7) is 4.74. The Balaban J connectivity index is 1.66. The Bertz CT molecular complexity index is 608. The van der Waals surface area contributed by atoms with Gasteiger partial charge < -0.3 is 19.9 Å². The first-order valence-electron chi connectivity index (χ1n) is 9.50. The van der Waals surface area contributed by atoms with Crippen molar-refractivity contribution in [3.05, 3.63) is 35.9 Å². The van der Waals surface area contributed by atoms with Crippen LogP contribution in [-0.2, 0) is 9.53 Å². The highest BCUT2D eigenvalue weighted by Gasteiger charge is 2.42. The number of benzene rings is 1. The molecule has 1 N–H and O–H groups in total. The average molecular weight is 359 g/mol. The van der Waals surface area contributed by atoms with Crippen LogP contribution in [0.5, 0.6) is 0 Å². The maximum atomic E-state index is 13.3. The molecule has 2 heterocycles. The van der Waals surface area contributed by atoms with Crippen molar-refractivity contribution in [2.75, 3.05) is 53.0 Å². The highest BCUT2D eigenvalue weighted by molar-refractivity contribution is 5.94. The van der Waals surface area contributed by atoms with Crippen LogP contribution >= 0.6 is 0 Å². The SMILES string of the molecule is COCC1(C(=O)N2CCCN(C(=O)c3ccccc3)CC2)CCNCC1. The van der Waals surface area contributed by atoms with Crippen LogP contribution in [0.2, 0.25) is 0 Å². The second-order valence-electron chi connectivity index (χ2n) is 7.27. The molecule has 2 aliphatic rings. The minimum Gasteiger partial charge on any atom is -0.384 e. The highest BCUT2D eigenvalue weighted by atomic mass is 16.5. The maximum Gasteiger partial charge on any atom is 0.253 e. The minimum absolute atomic E-state index is 0.0494. The monoisotopic (exact) mass is 359 g/mol. The second-order valence-corrected chi connectivity index (χ2v) is 7.27. The first kappa shape index (κ1) is 18.9. The number of carbonyl (C=O) groups is 2. The van der Waals surface area contributed by atoms with Gasteiger partial charge >= 0.3 is 0 Å². The number of nitrogens with zero attached hydrogens (tertiary/aromatic N) is 2. The van der Waals surface area contributed by atoms with Gasteiger partial charge in [0.05, 0.1) is 12.0 Å². The molecule has 0 spiro atoms. The first-order valence-corrected chi connectivity index (χ1v) is 9.50. The summed E-state index contributed by atoms with van der Waals surface area (Å²) in [5.74, 6) is 0.239. The van der Waals surface area contributed by atoms with Gasteiger partial charge in [0.1, 0.15) is 0 Å². The first-order chi connectivity index (χ1) is 12.7. The fraction of sp³-hybridized carbons (Fsp3) is 0.600. The van der Waals surface area contributed by atoms with Gasteiger partial charge in [-0.1, -0.05) is 18.2 Å². The summed E-state index contributed by atoms with van der Waals surface area (Å²) >= 11 is 0. The minimum atomic E-state index is -0.418. The van der Waals surface area contributed by atoms with Crippen LogP contribution in [-0.4, -0.2) is 74.6 Å². The molecule has 6 nitrogen and oxygen atoms in total. The lowest BCUT2D eigenvalue weighted by molar-refractivity contribution is -0.147. The summed E-state index contributed by atoms with van der Waals surface area (Å²) in [6.07, 6.45) is 2.43. The highest BCUT2D eigenvalue weighted by Crippen LogP contribution is 2.32. The van der Waals surface area contributed by atoms with E-state index in [1.165, 1.54) is 0 Å². The van der Waals surface area contributed by atoms with Gasteiger partial charge in [-0.05, 0) is 44.5 Å². The molecular formula is C20H29N3O3. The van der Waals surface area contributed by atoms with Crippen molar-refractivity contribution in [2.24, 2.45) is 5.41 Å². The molecule has 2 amide bonds. The van der Waals surface area contributed by atoms with Crippen LogP contribution in [0.1, 0.15) is 29.6 Å². The fourth-order valence-corrected chi connectivity index (χ4v) is 4.02. The van der Waals surface area contributed by atoms with Crippen LogP contribution in [0.4, 0.5) is 0 Å². The van der Waals surface area contributed by atoms with E-state index in [1.807, 2.05) is 40.1 Å². The lowest BCUT2D eigenvalue weighted by atomic mass is 9.78. The predicted octanol–water partition coefficient (Wildman–Crippen LogP) is 1.38. The predicted molar refractivity (Wildman–Crippen MR) is 100.0 cm³/mol. The van der Waals surface area contributed by atoms with E-state index in [4.69, 9.17) is 4.74 Å². The van der Waals surface area contributed by atoms with E-state index in [0.717, 1.165) is 32.4 Å². The topological polar surface area (TPSA) is 61.9 Å². The van der Waals surface area contributed by atoms with Gasteiger partial charge in [0.2, 0.25) is 5.91 Å². The lowest BCUT2D eigenvalue weighted by Gasteiger charge is -2.39. The number of nitrogens with one attached hydrogen (secondary N) is 1. The van der Waals surface area contributed by atoms with E-state index >= 15 is 0 Å². The van der Waals surface area contributed by atoms with Crippen molar-refractivity contribution in [1.29, 1.82) is 0 Å². The third kappa shape index (κ3) is 4.07. The third-order valence-corrected chi connectivity index (χ3v) is 5.53. The number of ether oxygens (including phenoxy) is 1. The molecule has 0 aliphatic carbocycles. The molecule has 6 heteroatoms. The number of amides is 2. The van der Waals surface area contributed by atoms with Gasteiger partial charge in [0, 0.05) is 38.9 Å². The molecule has 26 heavy (non-hydrogen) atoms. The smallest absolute Gasteiger partial charge is 0.253 e. The molecular weight excluding hydrogens is 330 g/mol. The molecule has 0 saturated carbocycles. The number of rotatable bonds is 4. The van der Waals surface area contributed by atoms with Gasteiger partial charge in [-0.2, -0.15) is 0 Å². The van der Waals surface area contributed by atoms with Crippen LogP contribution in [0, 0.1) is 5.41 Å². The van der Waals surface area contributed by atoms with Gasteiger partial charge in [0.25, 0.3) is 5.91 Å². The molecule has 1 aromatic rings. The number of piperidine rings is 1. The molecule has 0 aromatic heterocycles.